The molecule has 4 unspecified atom stereocenters. The number of fused-ring (bicyclic) bond motifs is 1. The highest BCUT2D eigenvalue weighted by Crippen LogP contribution is 2.21. The Morgan fingerprint density at radius 3 is 2.43 bits per heavy atom. The maximum Gasteiger partial charge on any atom is 0.331 e. The van der Waals surface area contributed by atoms with Gasteiger partial charge in [-0.05, 0) is 51.4 Å². The first-order chi connectivity index (χ1) is 22.3. The summed E-state index contributed by atoms with van der Waals surface area (Å²) in [5, 5.41) is 27.5. The predicted molar refractivity (Wildman–Crippen MR) is 168 cm³/mol. The molecule has 260 valence electrons. The summed E-state index contributed by atoms with van der Waals surface area (Å²) in [6, 6.07) is -5.92. The van der Waals surface area contributed by atoms with Gasteiger partial charge in [-0.25, -0.2) is 14.8 Å². The van der Waals surface area contributed by atoms with Crippen molar-refractivity contribution in [3.8, 4) is 0 Å². The second-order valence-electron chi connectivity index (χ2n) is 12.6. The first-order valence-electron chi connectivity index (χ1n) is 16.3. The van der Waals surface area contributed by atoms with Crippen molar-refractivity contribution in [2.75, 3.05) is 6.61 Å². The van der Waals surface area contributed by atoms with E-state index < -0.39 is 84.2 Å². The van der Waals surface area contributed by atoms with E-state index in [1.54, 1.807) is 0 Å². The number of cyclic esters (lactones) is 1. The Morgan fingerprint density at radius 2 is 1.74 bits per heavy atom. The number of carbonyl (C=O) groups excluding carboxylic acids is 6. The van der Waals surface area contributed by atoms with Gasteiger partial charge >= 0.3 is 11.9 Å². The lowest BCUT2D eigenvalue weighted by Crippen LogP contribution is -2.59. The van der Waals surface area contributed by atoms with Crippen molar-refractivity contribution >= 4 is 53.9 Å². The largest absolute Gasteiger partial charge is 0.481 e. The van der Waals surface area contributed by atoms with Crippen LogP contribution in [-0.4, -0.2) is 106 Å². The van der Waals surface area contributed by atoms with E-state index in [1.807, 2.05) is 20.8 Å². The number of aliphatic carboxylic acids is 1. The van der Waals surface area contributed by atoms with Crippen LogP contribution in [0.25, 0.3) is 0 Å². The summed E-state index contributed by atoms with van der Waals surface area (Å²) >= 11 is 0. The molecule has 3 rings (SSSR count). The average molecular weight is 662 g/mol. The molecule has 3 aliphatic rings. The van der Waals surface area contributed by atoms with Crippen LogP contribution >= 0.6 is 0 Å². The van der Waals surface area contributed by atoms with Gasteiger partial charge in [0.25, 0.3) is 5.91 Å². The van der Waals surface area contributed by atoms with Crippen LogP contribution in [0.1, 0.15) is 91.9 Å². The number of unbranched alkanes of at least 4 members (excludes halogenated alkanes) is 2. The van der Waals surface area contributed by atoms with E-state index in [1.165, 1.54) is 19.4 Å². The van der Waals surface area contributed by atoms with Gasteiger partial charge in [-0.2, -0.15) is 10.2 Å². The van der Waals surface area contributed by atoms with Gasteiger partial charge < -0.3 is 25.8 Å². The van der Waals surface area contributed by atoms with Gasteiger partial charge in [0, 0.05) is 18.9 Å². The molecule has 0 aliphatic carbocycles. The molecule has 5 amide bonds. The number of hydrazone groups is 2. The molecule has 16 nitrogen and oxygen atoms in total. The molecule has 16 heteroatoms. The smallest absolute Gasteiger partial charge is 0.331 e. The molecular formula is C31H47N7O9. The lowest BCUT2D eigenvalue weighted by Gasteiger charge is -2.31. The number of nitrogens with one attached hydrogen (secondary N) is 3. The molecule has 1 saturated heterocycles. The van der Waals surface area contributed by atoms with E-state index in [4.69, 9.17) is 4.74 Å². The number of hydrogen-bond acceptors (Lipinski definition) is 10. The summed E-state index contributed by atoms with van der Waals surface area (Å²) < 4.78 is 5.46. The number of amides is 5. The minimum absolute atomic E-state index is 0.0500. The molecule has 1 fully saturated rings. The fourth-order valence-electron chi connectivity index (χ4n) is 5.59. The van der Waals surface area contributed by atoms with E-state index in [-0.39, 0.29) is 31.6 Å². The van der Waals surface area contributed by atoms with Crippen molar-refractivity contribution in [2.24, 2.45) is 22.0 Å². The Labute approximate surface area is 274 Å². The van der Waals surface area contributed by atoms with E-state index in [9.17, 15) is 38.7 Å². The fourth-order valence-corrected chi connectivity index (χ4v) is 5.59. The third-order valence-corrected chi connectivity index (χ3v) is 8.22. The van der Waals surface area contributed by atoms with Crippen LogP contribution in [0.3, 0.4) is 0 Å². The van der Waals surface area contributed by atoms with E-state index in [0.29, 0.717) is 25.7 Å². The zero-order valence-electron chi connectivity index (χ0n) is 27.5. The maximum atomic E-state index is 13.6. The van der Waals surface area contributed by atoms with Crippen LogP contribution in [-0.2, 0) is 38.3 Å². The molecule has 0 aromatic rings. The Hall–Kier alpha value is -4.37. The lowest BCUT2D eigenvalue weighted by atomic mass is 9.97. The van der Waals surface area contributed by atoms with Crippen molar-refractivity contribution in [2.45, 2.75) is 122 Å². The number of ether oxygens (including phenoxy) is 1. The summed E-state index contributed by atoms with van der Waals surface area (Å²) in [4.78, 5) is 91.9. The number of carboxylic acids is 1. The molecule has 0 radical (unpaired) electrons. The lowest BCUT2D eigenvalue weighted by molar-refractivity contribution is -0.158. The van der Waals surface area contributed by atoms with Gasteiger partial charge in [0.15, 0.2) is 6.04 Å². The SMILES string of the molecule is CCCCCC(CC(=O)N1N=CCCC1C(=O)NC1COC(=O)[C@H]2CCC=NN2C(=O)[C@H](C)NC(=O)C(CC(C)C)NC1=O)C(=O)O. The quantitative estimate of drug-likeness (QED) is 0.181. The third-order valence-electron chi connectivity index (χ3n) is 8.22. The first-order valence-corrected chi connectivity index (χ1v) is 16.3. The number of nitrogens with zero attached hydrogens (tertiary/aromatic N) is 4. The number of hydrogen-bond donors (Lipinski definition) is 4. The van der Waals surface area contributed by atoms with Crippen LogP contribution in [0.2, 0.25) is 0 Å². The second kappa shape index (κ2) is 17.5. The zero-order chi connectivity index (χ0) is 34.7. The number of carbonyl (C=O) groups is 7. The molecule has 0 aromatic heterocycles. The average Bonchev–Trinajstić information content (AvgIpc) is 3.04. The number of esters is 1. The van der Waals surface area contributed by atoms with Gasteiger partial charge in [0.1, 0.15) is 30.8 Å². The number of carboxylic acid groups (broad SMARTS) is 1. The molecule has 6 atom stereocenters. The predicted octanol–water partition coefficient (Wildman–Crippen LogP) is 0.688. The summed E-state index contributed by atoms with van der Waals surface area (Å²) in [7, 11) is 0. The van der Waals surface area contributed by atoms with Crippen molar-refractivity contribution in [1.82, 2.24) is 26.0 Å². The summed E-state index contributed by atoms with van der Waals surface area (Å²) in [6.07, 6.45) is 6.49. The van der Waals surface area contributed by atoms with Gasteiger partial charge in [-0.1, -0.05) is 40.0 Å². The van der Waals surface area contributed by atoms with Crippen molar-refractivity contribution in [1.29, 1.82) is 0 Å². The van der Waals surface area contributed by atoms with E-state index in [0.717, 1.165) is 22.9 Å². The van der Waals surface area contributed by atoms with Gasteiger partial charge in [-0.3, -0.25) is 28.8 Å². The highest BCUT2D eigenvalue weighted by Gasteiger charge is 2.40. The van der Waals surface area contributed by atoms with Crippen LogP contribution in [0.4, 0.5) is 0 Å². The maximum absolute atomic E-state index is 13.6. The molecule has 0 saturated carbocycles. The number of rotatable bonds is 11. The summed E-state index contributed by atoms with van der Waals surface area (Å²) in [6.45, 7) is 6.49. The molecule has 0 aromatic carbocycles. The molecule has 3 aliphatic heterocycles. The highest BCUT2D eigenvalue weighted by molar-refractivity contribution is 5.97. The van der Waals surface area contributed by atoms with Gasteiger partial charge in [-0.15, -0.1) is 0 Å². The zero-order valence-corrected chi connectivity index (χ0v) is 27.5. The molecule has 0 bridgehead atoms. The molecule has 0 spiro atoms. The standard InChI is InChI=1S/C31H47N7O9/c1-5-6-7-10-20(30(44)45)16-25(39)37-23(11-8-13-32-37)28(42)36-22-17-47-31(46)24-12-9-14-33-38(24)29(43)19(4)34-26(40)21(15-18(2)3)35-27(22)41/h13-14,18-24H,5-12,15-17H2,1-4H3,(H,34,40)(H,35,41)(H,36,42)(H,44,45)/t19-,20?,21?,22?,23?,24+/m0/s1. The topological polar surface area (TPSA) is 216 Å². The van der Waals surface area contributed by atoms with Crippen molar-refractivity contribution in [3.05, 3.63) is 0 Å². The molecular weight excluding hydrogens is 614 g/mol. The Kier molecular flexibility index (Phi) is 13.8. The summed E-state index contributed by atoms with van der Waals surface area (Å²) in [5.74, 6) is -6.46. The van der Waals surface area contributed by atoms with Gasteiger partial charge in [0.05, 0.1) is 5.92 Å². The van der Waals surface area contributed by atoms with Crippen LogP contribution in [0, 0.1) is 11.8 Å². The first kappa shape index (κ1) is 37.1. The molecule has 3 heterocycles. The Bertz CT molecular complexity index is 1250. The van der Waals surface area contributed by atoms with Crippen LogP contribution < -0.4 is 16.0 Å². The minimum Gasteiger partial charge on any atom is -0.481 e. The normalized spacial score (nSPS) is 26.2. The molecule has 4 N–H and O–H groups in total. The van der Waals surface area contributed by atoms with Crippen molar-refractivity contribution < 1.29 is 43.4 Å². The third kappa shape index (κ3) is 10.3. The second-order valence-corrected chi connectivity index (χ2v) is 12.6. The summed E-state index contributed by atoms with van der Waals surface area (Å²) in [5.41, 5.74) is 0. The van der Waals surface area contributed by atoms with E-state index >= 15 is 0 Å². The van der Waals surface area contributed by atoms with Crippen molar-refractivity contribution in [3.63, 3.8) is 0 Å². The van der Waals surface area contributed by atoms with E-state index in [2.05, 4.69) is 26.2 Å². The Balaban J connectivity index is 1.85. The monoisotopic (exact) mass is 661 g/mol. The highest BCUT2D eigenvalue weighted by atomic mass is 16.5. The Morgan fingerprint density at radius 1 is 1.04 bits per heavy atom. The van der Waals surface area contributed by atoms with Crippen LogP contribution in [0.5, 0.6) is 0 Å². The fraction of sp³-hybridized carbons (Fsp3) is 0.710. The molecule has 47 heavy (non-hydrogen) atoms. The van der Waals surface area contributed by atoms with Crippen LogP contribution in [0.15, 0.2) is 10.2 Å². The minimum atomic E-state index is -1.48. The van der Waals surface area contributed by atoms with Gasteiger partial charge in [0.2, 0.25) is 23.6 Å².